The molecule has 9 heteroatoms. The van der Waals surface area contributed by atoms with E-state index in [0.29, 0.717) is 6.69 Å². The summed E-state index contributed by atoms with van der Waals surface area (Å²) >= 11 is 1.42. The Morgan fingerprint density at radius 3 is 2.00 bits per heavy atom. The van der Waals surface area contributed by atoms with Crippen molar-refractivity contribution in [1.29, 1.82) is 0 Å². The smallest absolute Gasteiger partial charge is 0.357 e. The van der Waals surface area contributed by atoms with E-state index in [1.807, 2.05) is 41.5 Å². The third kappa shape index (κ3) is 10.8. The van der Waals surface area contributed by atoms with Crippen LogP contribution in [0.25, 0.3) is 0 Å². The first-order valence-corrected chi connectivity index (χ1v) is 7.20. The van der Waals surface area contributed by atoms with Gasteiger partial charge in [0.2, 0.25) is 5.91 Å². The third-order valence-corrected chi connectivity index (χ3v) is 2.91. The van der Waals surface area contributed by atoms with Crippen molar-refractivity contribution in [2.24, 2.45) is 5.41 Å². The number of rotatable bonds is 5. The number of carbonyl (C=O) groups excluding carboxylic acids is 2. The minimum atomic E-state index is -0.454. The molecule has 0 rings (SSSR count). The van der Waals surface area contributed by atoms with Crippen LogP contribution in [-0.2, 0) is 4.79 Å². The van der Waals surface area contributed by atoms with Gasteiger partial charge in [-0.2, -0.15) is 0 Å². The zero-order valence-electron chi connectivity index (χ0n) is 12.6. The summed E-state index contributed by atoms with van der Waals surface area (Å²) in [6, 6.07) is -0.308. The molecule has 0 aromatic rings. The largest absolute Gasteiger partial charge is 0.382 e. The van der Waals surface area contributed by atoms with Gasteiger partial charge in [0, 0.05) is 11.0 Å². The van der Waals surface area contributed by atoms with Crippen molar-refractivity contribution in [2.75, 3.05) is 0 Å². The van der Waals surface area contributed by atoms with Crippen molar-refractivity contribution in [3.63, 3.8) is 0 Å². The molecule has 0 aromatic heterocycles. The van der Waals surface area contributed by atoms with Gasteiger partial charge in [-0.3, -0.25) is 14.3 Å². The van der Waals surface area contributed by atoms with E-state index in [1.165, 1.54) is 11.8 Å². The van der Waals surface area contributed by atoms with Crippen LogP contribution in [0, 0.1) is 5.41 Å². The second-order valence-corrected chi connectivity index (χ2v) is 7.04. The van der Waals surface area contributed by atoms with Crippen molar-refractivity contribution in [2.45, 2.75) is 47.1 Å². The number of hydrogen-bond donors (Lipinski definition) is 4. The van der Waals surface area contributed by atoms with E-state index in [1.54, 1.807) is 0 Å². The number of carbonyl (C=O) groups is 2. The summed E-state index contributed by atoms with van der Waals surface area (Å²) in [7, 11) is 0.124. The molecule has 0 bridgehead atoms. The molecule has 4 N–H and O–H groups in total. The highest BCUT2D eigenvalue weighted by atomic mass is 32.2. The van der Waals surface area contributed by atoms with E-state index in [4.69, 9.17) is 0 Å². The lowest BCUT2D eigenvalue weighted by atomic mass is 9.93. The van der Waals surface area contributed by atoms with Crippen LogP contribution >= 0.6 is 11.8 Å². The fraction of sp³-hybridized carbons (Fsp3) is 0.800. The van der Waals surface area contributed by atoms with Crippen molar-refractivity contribution in [1.82, 2.24) is 20.4 Å². The number of amides is 3. The maximum atomic E-state index is 11.5. The van der Waals surface area contributed by atoms with E-state index in [9.17, 15) is 9.59 Å². The van der Waals surface area contributed by atoms with E-state index < -0.39 is 5.41 Å². The maximum absolute atomic E-state index is 11.5. The van der Waals surface area contributed by atoms with Gasteiger partial charge < -0.3 is 15.7 Å². The highest BCUT2D eigenvalue weighted by Gasteiger charge is 2.20. The Balaban J connectivity index is 3.64. The normalized spacial score (nSPS) is 11.5. The Hall–Kier alpha value is -0.820. The molecule has 0 spiro atoms. The van der Waals surface area contributed by atoms with Gasteiger partial charge in [0.25, 0.3) is 6.03 Å². The monoisotopic (exact) mass is 286 g/mol. The van der Waals surface area contributed by atoms with Crippen LogP contribution < -0.4 is 20.4 Å². The topological polar surface area (TPSA) is 82.3 Å². The summed E-state index contributed by atoms with van der Waals surface area (Å²) in [6.07, 6.45) is 0. The summed E-state index contributed by atoms with van der Waals surface area (Å²) in [5.74, 6) is -0.100. The summed E-state index contributed by atoms with van der Waals surface area (Å²) in [6.45, 7) is 12.0. The second-order valence-electron chi connectivity index (χ2n) is 6.26. The van der Waals surface area contributed by atoms with Crippen molar-refractivity contribution < 1.29 is 9.59 Å². The standard InChI is InChI=1S/C10H24B2N4O2S/c1-9(2,3)7(17)13-11-14-8(18)15-12-19-16-10(4,5)6/h11-12,16H,1-6H3,(H,13,17)(H2,14,15,18). The number of nitrogens with one attached hydrogen (secondary N) is 4. The fourth-order valence-electron chi connectivity index (χ4n) is 0.887. The zero-order valence-corrected chi connectivity index (χ0v) is 13.5. The molecule has 0 saturated carbocycles. The van der Waals surface area contributed by atoms with Crippen LogP contribution in [0.15, 0.2) is 0 Å². The highest BCUT2D eigenvalue weighted by Crippen LogP contribution is 2.11. The maximum Gasteiger partial charge on any atom is 0.357 e. The van der Waals surface area contributed by atoms with Crippen LogP contribution in [0.3, 0.4) is 0 Å². The molecule has 19 heavy (non-hydrogen) atoms. The second kappa shape index (κ2) is 7.69. The Kier molecular flexibility index (Phi) is 7.36. The first-order chi connectivity index (χ1) is 8.52. The molecule has 0 fully saturated rings. The summed E-state index contributed by atoms with van der Waals surface area (Å²) < 4.78 is 3.18. The van der Waals surface area contributed by atoms with Gasteiger partial charge in [-0.1, -0.05) is 20.8 Å². The Labute approximate surface area is 121 Å². The average Bonchev–Trinajstić information content (AvgIpc) is 2.21. The molecule has 0 radical (unpaired) electrons. The van der Waals surface area contributed by atoms with Gasteiger partial charge >= 0.3 is 14.2 Å². The Bertz CT molecular complexity index is 316. The molecular weight excluding hydrogens is 262 g/mol. The van der Waals surface area contributed by atoms with Crippen LogP contribution in [0.1, 0.15) is 41.5 Å². The van der Waals surface area contributed by atoms with Gasteiger partial charge in [-0.05, 0) is 20.8 Å². The van der Waals surface area contributed by atoms with Crippen molar-refractivity contribution >= 4 is 38.0 Å². The van der Waals surface area contributed by atoms with Crippen LogP contribution in [0.4, 0.5) is 4.79 Å². The molecule has 0 atom stereocenters. The number of urea groups is 1. The van der Waals surface area contributed by atoms with E-state index in [0.717, 1.165) is 0 Å². The predicted octanol–water partition coefficient (Wildman–Crippen LogP) is 0.0172. The van der Waals surface area contributed by atoms with E-state index in [2.05, 4.69) is 20.4 Å². The molecule has 3 amide bonds. The zero-order chi connectivity index (χ0) is 15.1. The lowest BCUT2D eigenvalue weighted by Gasteiger charge is -2.19. The minimum absolute atomic E-state index is 0.00348. The first-order valence-electron chi connectivity index (χ1n) is 6.21. The van der Waals surface area contributed by atoms with Crippen molar-refractivity contribution in [3.8, 4) is 0 Å². The molecule has 0 aliphatic carbocycles. The van der Waals surface area contributed by atoms with Gasteiger partial charge in [-0.25, -0.2) is 0 Å². The van der Waals surface area contributed by atoms with Crippen LogP contribution in [0.2, 0.25) is 0 Å². The van der Waals surface area contributed by atoms with Crippen LogP contribution in [0.5, 0.6) is 0 Å². The summed E-state index contributed by atoms with van der Waals surface area (Å²) in [5.41, 5.74) is -0.450. The van der Waals surface area contributed by atoms with Gasteiger partial charge in [0.05, 0.1) is 0 Å². The molecule has 0 aliphatic rings. The molecule has 0 aromatic carbocycles. The first kappa shape index (κ1) is 18.2. The molecule has 6 nitrogen and oxygen atoms in total. The molecular formula is C10H24B2N4O2S. The lowest BCUT2D eigenvalue weighted by molar-refractivity contribution is -0.126. The fourth-order valence-corrected chi connectivity index (χ4v) is 1.60. The average molecular weight is 286 g/mol. The molecule has 0 aliphatic heterocycles. The van der Waals surface area contributed by atoms with Gasteiger partial charge in [-0.15, -0.1) is 11.8 Å². The Morgan fingerprint density at radius 1 is 0.947 bits per heavy atom. The third-order valence-electron chi connectivity index (χ3n) is 1.86. The summed E-state index contributed by atoms with van der Waals surface area (Å²) in [5, 5.41) is 7.86. The Morgan fingerprint density at radius 2 is 1.53 bits per heavy atom. The van der Waals surface area contributed by atoms with E-state index in [-0.39, 0.29) is 25.0 Å². The van der Waals surface area contributed by atoms with Gasteiger partial charge in [0.1, 0.15) is 0 Å². The molecule has 0 heterocycles. The SMILES string of the molecule is CC(C)(C)NSBNC(=O)NBNC(=O)C(C)(C)C. The van der Waals surface area contributed by atoms with Crippen LogP contribution in [-0.4, -0.2) is 31.7 Å². The quantitative estimate of drug-likeness (QED) is 0.326. The lowest BCUT2D eigenvalue weighted by Crippen LogP contribution is -2.49. The molecule has 0 saturated heterocycles. The van der Waals surface area contributed by atoms with Gasteiger partial charge in [0.15, 0.2) is 0 Å². The summed E-state index contributed by atoms with van der Waals surface area (Å²) in [4.78, 5) is 22.9. The highest BCUT2D eigenvalue weighted by molar-refractivity contribution is 8.20. The predicted molar refractivity (Wildman–Crippen MR) is 84.0 cm³/mol. The van der Waals surface area contributed by atoms with Crippen molar-refractivity contribution in [3.05, 3.63) is 0 Å². The molecule has 0 unspecified atom stereocenters. The minimum Gasteiger partial charge on any atom is -0.382 e. The van der Waals surface area contributed by atoms with E-state index >= 15 is 0 Å². The molecule has 108 valence electrons. The number of hydrogen-bond acceptors (Lipinski definition) is 4.